The first-order chi connectivity index (χ1) is 11.1. The van der Waals surface area contributed by atoms with Crippen molar-refractivity contribution in [2.24, 2.45) is 5.73 Å². The van der Waals surface area contributed by atoms with E-state index in [1.165, 1.54) is 33.3 Å². The summed E-state index contributed by atoms with van der Waals surface area (Å²) in [5.74, 6) is -0.296. The number of anilines is 2. The van der Waals surface area contributed by atoms with Crippen LogP contribution in [0.5, 0.6) is 0 Å². The Labute approximate surface area is 155 Å². The fraction of sp³-hybridized carbons (Fsp3) is 0.533. The van der Waals surface area contributed by atoms with Crippen molar-refractivity contribution in [2.45, 2.75) is 17.4 Å². The van der Waals surface area contributed by atoms with Crippen molar-refractivity contribution in [2.75, 3.05) is 52.1 Å². The quantitative estimate of drug-likeness (QED) is 0.673. The maximum atomic E-state index is 12.3. The van der Waals surface area contributed by atoms with E-state index in [-0.39, 0.29) is 42.3 Å². The molecule has 1 rings (SSSR count). The van der Waals surface area contributed by atoms with Crippen LogP contribution < -0.4 is 16.0 Å². The minimum absolute atomic E-state index is 0. The van der Waals surface area contributed by atoms with Gasteiger partial charge < -0.3 is 20.7 Å². The third kappa shape index (κ3) is 6.12. The lowest BCUT2D eigenvalue weighted by Gasteiger charge is -2.21. The lowest BCUT2D eigenvalue weighted by molar-refractivity contribution is -0.118. The van der Waals surface area contributed by atoms with E-state index in [0.29, 0.717) is 11.4 Å². The molecule has 25 heavy (non-hydrogen) atoms. The highest BCUT2D eigenvalue weighted by Gasteiger charge is 2.20. The zero-order chi connectivity index (χ0) is 18.5. The van der Waals surface area contributed by atoms with Crippen LogP contribution in [0.25, 0.3) is 0 Å². The number of halogens is 1. The molecule has 1 unspecified atom stereocenters. The topological polar surface area (TPSA) is 105 Å². The predicted octanol–water partition coefficient (Wildman–Crippen LogP) is 0.727. The van der Waals surface area contributed by atoms with Gasteiger partial charge in [0.05, 0.1) is 28.8 Å². The molecule has 0 fully saturated rings. The van der Waals surface area contributed by atoms with E-state index in [9.17, 15) is 13.2 Å². The highest BCUT2D eigenvalue weighted by atomic mass is 35.5. The van der Waals surface area contributed by atoms with Crippen LogP contribution in [0.4, 0.5) is 11.4 Å². The Balaban J connectivity index is 0.00000576. The van der Waals surface area contributed by atoms with Gasteiger partial charge in [-0.2, -0.15) is 0 Å². The largest absolute Gasteiger partial charge is 0.380 e. The highest BCUT2D eigenvalue weighted by molar-refractivity contribution is 7.89. The first kappa shape index (κ1) is 23.6. The van der Waals surface area contributed by atoms with E-state index in [2.05, 4.69) is 5.32 Å². The summed E-state index contributed by atoms with van der Waals surface area (Å²) in [6.45, 7) is 0.222. The zero-order valence-corrected chi connectivity index (χ0v) is 16.8. The minimum atomic E-state index is -3.59. The van der Waals surface area contributed by atoms with Gasteiger partial charge in [0, 0.05) is 41.8 Å². The van der Waals surface area contributed by atoms with Gasteiger partial charge in [-0.25, -0.2) is 12.7 Å². The summed E-state index contributed by atoms with van der Waals surface area (Å²) in [5, 5.41) is 2.74. The molecule has 1 aromatic carbocycles. The van der Waals surface area contributed by atoms with E-state index in [1.807, 2.05) is 14.1 Å². The van der Waals surface area contributed by atoms with Crippen LogP contribution >= 0.6 is 12.4 Å². The summed E-state index contributed by atoms with van der Waals surface area (Å²) >= 11 is 0. The third-order valence-corrected chi connectivity index (χ3v) is 5.32. The molecule has 1 atom stereocenters. The predicted molar refractivity (Wildman–Crippen MR) is 102 cm³/mol. The fourth-order valence-electron chi connectivity index (χ4n) is 2.05. The van der Waals surface area contributed by atoms with Gasteiger partial charge in [0.15, 0.2) is 0 Å². The van der Waals surface area contributed by atoms with E-state index < -0.39 is 10.0 Å². The number of hydrogen-bond donors (Lipinski definition) is 2. The molecule has 0 aromatic heterocycles. The van der Waals surface area contributed by atoms with Crippen molar-refractivity contribution in [1.82, 2.24) is 4.31 Å². The molecule has 144 valence electrons. The van der Waals surface area contributed by atoms with Gasteiger partial charge in [-0.05, 0) is 18.2 Å². The van der Waals surface area contributed by atoms with Crippen molar-refractivity contribution in [3.63, 3.8) is 0 Å². The second-order valence-electron chi connectivity index (χ2n) is 5.71. The molecular formula is C15H27ClN4O4S. The maximum Gasteiger partial charge on any atom is 0.242 e. The van der Waals surface area contributed by atoms with Crippen molar-refractivity contribution >= 4 is 39.7 Å². The van der Waals surface area contributed by atoms with Gasteiger partial charge in [-0.15, -0.1) is 12.4 Å². The SMILES string of the molecule is COC(CN)CC(=O)Nc1cc(S(=O)(=O)N(C)C)ccc1N(C)C.Cl. The summed E-state index contributed by atoms with van der Waals surface area (Å²) in [5.41, 5.74) is 6.63. The zero-order valence-electron chi connectivity index (χ0n) is 15.1. The van der Waals surface area contributed by atoms with Crippen molar-refractivity contribution in [1.29, 1.82) is 0 Å². The van der Waals surface area contributed by atoms with Crippen LogP contribution in [0.3, 0.4) is 0 Å². The van der Waals surface area contributed by atoms with E-state index >= 15 is 0 Å². The Bertz CT molecular complexity index is 676. The highest BCUT2D eigenvalue weighted by Crippen LogP contribution is 2.28. The lowest BCUT2D eigenvalue weighted by atomic mass is 10.2. The standard InChI is InChI=1S/C15H26N4O4S.ClH/c1-18(2)14-7-6-12(24(21,22)19(3)4)9-13(14)17-15(20)8-11(10-16)23-5;/h6-7,9,11H,8,10,16H2,1-5H3,(H,17,20);1H. The van der Waals surface area contributed by atoms with Crippen LogP contribution in [0.2, 0.25) is 0 Å². The number of rotatable bonds is 8. The summed E-state index contributed by atoms with van der Waals surface area (Å²) in [6, 6.07) is 4.62. The fourth-order valence-corrected chi connectivity index (χ4v) is 2.98. The van der Waals surface area contributed by atoms with Crippen LogP contribution in [0, 0.1) is 0 Å². The first-order valence-corrected chi connectivity index (χ1v) is 8.84. The van der Waals surface area contributed by atoms with E-state index in [0.717, 1.165) is 4.31 Å². The van der Waals surface area contributed by atoms with Gasteiger partial charge in [-0.1, -0.05) is 0 Å². The molecule has 1 aromatic rings. The Morgan fingerprint density at radius 1 is 1.28 bits per heavy atom. The number of nitrogens with two attached hydrogens (primary N) is 1. The molecule has 0 aliphatic carbocycles. The molecule has 0 aliphatic rings. The van der Waals surface area contributed by atoms with Gasteiger partial charge in [0.2, 0.25) is 15.9 Å². The summed E-state index contributed by atoms with van der Waals surface area (Å²) in [6.07, 6.45) is -0.300. The second-order valence-corrected chi connectivity index (χ2v) is 7.86. The Morgan fingerprint density at radius 3 is 2.32 bits per heavy atom. The molecular weight excluding hydrogens is 368 g/mol. The summed E-state index contributed by atoms with van der Waals surface area (Å²) in [7, 11) is 4.42. The van der Waals surface area contributed by atoms with E-state index in [1.54, 1.807) is 11.0 Å². The molecule has 0 heterocycles. The Morgan fingerprint density at radius 2 is 1.88 bits per heavy atom. The average molecular weight is 395 g/mol. The number of amides is 1. The van der Waals surface area contributed by atoms with Crippen molar-refractivity contribution in [3.05, 3.63) is 18.2 Å². The number of hydrogen-bond acceptors (Lipinski definition) is 6. The van der Waals surface area contributed by atoms with Gasteiger partial charge in [-0.3, -0.25) is 4.79 Å². The summed E-state index contributed by atoms with van der Waals surface area (Å²) < 4.78 is 30.8. The minimum Gasteiger partial charge on any atom is -0.380 e. The molecule has 0 bridgehead atoms. The number of sulfonamides is 1. The van der Waals surface area contributed by atoms with Crippen molar-refractivity contribution in [3.8, 4) is 0 Å². The Hall–Kier alpha value is -1.39. The molecule has 0 saturated carbocycles. The Kier molecular flexibility index (Phi) is 9.38. The molecule has 1 amide bonds. The van der Waals surface area contributed by atoms with Crippen molar-refractivity contribution < 1.29 is 17.9 Å². The number of carbonyl (C=O) groups excluding carboxylic acids is 1. The summed E-state index contributed by atoms with van der Waals surface area (Å²) in [4.78, 5) is 14.1. The van der Waals surface area contributed by atoms with Crippen LogP contribution in [0.1, 0.15) is 6.42 Å². The molecule has 0 spiro atoms. The van der Waals surface area contributed by atoms with Crippen LogP contribution in [0.15, 0.2) is 23.1 Å². The maximum absolute atomic E-state index is 12.3. The number of carbonyl (C=O) groups is 1. The van der Waals surface area contributed by atoms with E-state index in [4.69, 9.17) is 10.5 Å². The second kappa shape index (κ2) is 9.93. The molecule has 10 heteroatoms. The number of nitrogens with zero attached hydrogens (tertiary/aromatic N) is 2. The van der Waals surface area contributed by atoms with Crippen LogP contribution in [-0.2, 0) is 19.6 Å². The number of methoxy groups -OCH3 is 1. The smallest absolute Gasteiger partial charge is 0.242 e. The molecule has 3 N–H and O–H groups in total. The van der Waals surface area contributed by atoms with Crippen LogP contribution in [-0.4, -0.2) is 66.6 Å². The van der Waals surface area contributed by atoms with Gasteiger partial charge in [0.1, 0.15) is 0 Å². The normalized spacial score (nSPS) is 12.4. The average Bonchev–Trinajstić information content (AvgIpc) is 2.51. The first-order valence-electron chi connectivity index (χ1n) is 7.40. The van der Waals surface area contributed by atoms with Gasteiger partial charge >= 0.3 is 0 Å². The molecule has 0 aliphatic heterocycles. The number of ether oxygens (including phenoxy) is 1. The molecule has 0 saturated heterocycles. The monoisotopic (exact) mass is 394 g/mol. The lowest BCUT2D eigenvalue weighted by Crippen LogP contribution is -2.28. The van der Waals surface area contributed by atoms with Gasteiger partial charge in [0.25, 0.3) is 0 Å². The third-order valence-electron chi connectivity index (χ3n) is 3.51. The molecule has 0 radical (unpaired) electrons. The number of nitrogens with one attached hydrogen (secondary N) is 1. The number of benzene rings is 1. The molecule has 8 nitrogen and oxygen atoms in total.